The van der Waals surface area contributed by atoms with E-state index >= 15 is 0 Å². The van der Waals surface area contributed by atoms with E-state index in [4.69, 9.17) is 0 Å². The summed E-state index contributed by atoms with van der Waals surface area (Å²) in [6.45, 7) is 1.80. The quantitative estimate of drug-likeness (QED) is 0.784. The normalized spacial score (nSPS) is 24.9. The molecule has 1 saturated carbocycles. The molecule has 0 aliphatic heterocycles. The van der Waals surface area contributed by atoms with Gasteiger partial charge in [0.1, 0.15) is 5.82 Å². The van der Waals surface area contributed by atoms with Crippen molar-refractivity contribution in [3.63, 3.8) is 0 Å². The zero-order chi connectivity index (χ0) is 14.2. The number of hydrogen-bond donors (Lipinski definition) is 0. The van der Waals surface area contributed by atoms with Gasteiger partial charge in [0.05, 0.1) is 0 Å². The number of aromatic nitrogens is 2. The Morgan fingerprint density at radius 2 is 2.05 bits per heavy atom. The number of aryl methyl sites for hydroxylation is 2. The van der Waals surface area contributed by atoms with E-state index in [9.17, 15) is 8.42 Å². The predicted molar refractivity (Wildman–Crippen MR) is 77.9 cm³/mol. The van der Waals surface area contributed by atoms with Crippen LogP contribution in [-0.4, -0.2) is 40.2 Å². The summed E-state index contributed by atoms with van der Waals surface area (Å²) >= 11 is 3.61. The second-order valence-corrected chi connectivity index (χ2v) is 8.25. The van der Waals surface area contributed by atoms with Crippen molar-refractivity contribution in [2.75, 3.05) is 7.05 Å². The van der Waals surface area contributed by atoms with Gasteiger partial charge in [0, 0.05) is 31.2 Å². The first-order valence-corrected chi connectivity index (χ1v) is 8.81. The third-order valence-corrected chi connectivity index (χ3v) is 6.67. The summed E-state index contributed by atoms with van der Waals surface area (Å²) < 4.78 is 28.4. The van der Waals surface area contributed by atoms with Gasteiger partial charge in [-0.05, 0) is 19.8 Å². The largest absolute Gasteiger partial charge is 0.337 e. The average Bonchev–Trinajstić information content (AvgIpc) is 2.70. The number of alkyl halides is 1. The van der Waals surface area contributed by atoms with Gasteiger partial charge in [-0.15, -0.1) is 0 Å². The summed E-state index contributed by atoms with van der Waals surface area (Å²) in [7, 11) is -0.0446. The van der Waals surface area contributed by atoms with E-state index in [2.05, 4.69) is 20.9 Å². The molecule has 1 fully saturated rings. The maximum Gasteiger partial charge on any atom is 0.262 e. The highest BCUT2D eigenvalue weighted by atomic mass is 79.9. The lowest BCUT2D eigenvalue weighted by molar-refractivity contribution is 0.296. The van der Waals surface area contributed by atoms with Crippen LogP contribution >= 0.6 is 15.9 Å². The molecular weight excluding hydrogens is 330 g/mol. The zero-order valence-electron chi connectivity index (χ0n) is 11.5. The monoisotopic (exact) mass is 349 g/mol. The van der Waals surface area contributed by atoms with Gasteiger partial charge in [-0.2, -0.15) is 4.31 Å². The van der Waals surface area contributed by atoms with E-state index in [1.165, 1.54) is 4.31 Å². The van der Waals surface area contributed by atoms with E-state index in [-0.39, 0.29) is 15.9 Å². The van der Waals surface area contributed by atoms with Crippen LogP contribution in [-0.2, 0) is 17.1 Å². The van der Waals surface area contributed by atoms with Crippen LogP contribution in [0.2, 0.25) is 0 Å². The Morgan fingerprint density at radius 3 is 2.58 bits per heavy atom. The van der Waals surface area contributed by atoms with Crippen LogP contribution in [0.3, 0.4) is 0 Å². The summed E-state index contributed by atoms with van der Waals surface area (Å²) in [4.78, 5) is 4.37. The summed E-state index contributed by atoms with van der Waals surface area (Å²) in [5.41, 5.74) is 0. The average molecular weight is 350 g/mol. The summed E-state index contributed by atoms with van der Waals surface area (Å²) in [6.07, 6.45) is 5.73. The van der Waals surface area contributed by atoms with Crippen LogP contribution in [0, 0.1) is 6.92 Å². The van der Waals surface area contributed by atoms with Crippen molar-refractivity contribution in [3.8, 4) is 0 Å². The van der Waals surface area contributed by atoms with Gasteiger partial charge in [0.15, 0.2) is 5.03 Å². The number of nitrogens with zero attached hydrogens (tertiary/aromatic N) is 3. The Hall–Kier alpha value is -0.400. The molecule has 1 aliphatic rings. The maximum absolute atomic E-state index is 12.6. The molecule has 19 heavy (non-hydrogen) atoms. The van der Waals surface area contributed by atoms with Gasteiger partial charge >= 0.3 is 0 Å². The molecule has 0 radical (unpaired) electrons. The minimum absolute atomic E-state index is 0.0149. The van der Waals surface area contributed by atoms with Gasteiger partial charge in [-0.3, -0.25) is 0 Å². The first-order valence-electron chi connectivity index (χ1n) is 6.46. The minimum Gasteiger partial charge on any atom is -0.337 e. The van der Waals surface area contributed by atoms with Crippen LogP contribution in [0.1, 0.15) is 31.5 Å². The highest BCUT2D eigenvalue weighted by Gasteiger charge is 2.35. The van der Waals surface area contributed by atoms with E-state index in [1.807, 2.05) is 0 Å². The first-order chi connectivity index (χ1) is 8.84. The molecule has 1 aromatic heterocycles. The molecule has 1 aromatic rings. The molecule has 0 amide bonds. The number of rotatable bonds is 3. The van der Waals surface area contributed by atoms with Crippen LogP contribution < -0.4 is 0 Å². The molecule has 7 heteroatoms. The molecule has 1 heterocycles. The van der Waals surface area contributed by atoms with E-state index < -0.39 is 10.0 Å². The molecular formula is C12H20BrN3O2S. The highest BCUT2D eigenvalue weighted by molar-refractivity contribution is 9.09. The lowest BCUT2D eigenvalue weighted by Gasteiger charge is -2.33. The van der Waals surface area contributed by atoms with E-state index in [1.54, 1.807) is 31.8 Å². The lowest BCUT2D eigenvalue weighted by atomic mass is 9.96. The van der Waals surface area contributed by atoms with Crippen molar-refractivity contribution in [2.45, 2.75) is 48.5 Å². The molecule has 108 valence electrons. The maximum atomic E-state index is 12.6. The van der Waals surface area contributed by atoms with Crippen molar-refractivity contribution < 1.29 is 8.42 Å². The Balaban J connectivity index is 2.28. The van der Waals surface area contributed by atoms with Crippen LogP contribution in [0.4, 0.5) is 0 Å². The van der Waals surface area contributed by atoms with Crippen LogP contribution in [0.5, 0.6) is 0 Å². The predicted octanol–water partition coefficient (Wildman–Crippen LogP) is 2.06. The topological polar surface area (TPSA) is 55.2 Å². The molecule has 1 aliphatic carbocycles. The van der Waals surface area contributed by atoms with Crippen molar-refractivity contribution >= 4 is 26.0 Å². The van der Waals surface area contributed by atoms with Gasteiger partial charge in [0.2, 0.25) is 0 Å². The fourth-order valence-corrected chi connectivity index (χ4v) is 4.99. The molecule has 0 saturated heterocycles. The number of hydrogen-bond acceptors (Lipinski definition) is 3. The highest BCUT2D eigenvalue weighted by Crippen LogP contribution is 2.30. The smallest absolute Gasteiger partial charge is 0.262 e. The van der Waals surface area contributed by atoms with Crippen molar-refractivity contribution in [1.82, 2.24) is 13.9 Å². The fourth-order valence-electron chi connectivity index (χ4n) is 2.45. The second-order valence-electron chi connectivity index (χ2n) is 5.13. The Bertz CT molecular complexity index is 536. The van der Waals surface area contributed by atoms with Crippen molar-refractivity contribution in [1.29, 1.82) is 0 Å². The van der Waals surface area contributed by atoms with Gasteiger partial charge in [0.25, 0.3) is 10.0 Å². The second kappa shape index (κ2) is 5.54. The molecule has 0 aromatic carbocycles. The Kier molecular flexibility index (Phi) is 4.37. The van der Waals surface area contributed by atoms with Gasteiger partial charge < -0.3 is 4.57 Å². The van der Waals surface area contributed by atoms with E-state index in [0.29, 0.717) is 5.82 Å². The lowest BCUT2D eigenvalue weighted by Crippen LogP contribution is -2.44. The summed E-state index contributed by atoms with van der Waals surface area (Å²) in [5.74, 6) is 0.700. The van der Waals surface area contributed by atoms with Gasteiger partial charge in [-0.1, -0.05) is 28.8 Å². The third-order valence-electron chi connectivity index (χ3n) is 3.84. The van der Waals surface area contributed by atoms with Crippen molar-refractivity contribution in [3.05, 3.63) is 12.0 Å². The Labute approximate surface area is 123 Å². The molecule has 2 rings (SSSR count). The summed E-state index contributed by atoms with van der Waals surface area (Å²) in [6, 6.07) is 0.0149. The Morgan fingerprint density at radius 1 is 1.42 bits per heavy atom. The van der Waals surface area contributed by atoms with Gasteiger partial charge in [-0.25, -0.2) is 13.4 Å². The summed E-state index contributed by atoms with van der Waals surface area (Å²) in [5, 5.41) is 0.139. The SMILES string of the molecule is Cc1nc(S(=O)(=O)N(C)C2CCCCC2Br)cn1C. The number of sulfonamides is 1. The molecule has 2 atom stereocenters. The number of imidazole rings is 1. The molecule has 0 spiro atoms. The fraction of sp³-hybridized carbons (Fsp3) is 0.750. The van der Waals surface area contributed by atoms with E-state index in [0.717, 1.165) is 25.7 Å². The molecule has 0 N–H and O–H groups in total. The standard InChI is InChI=1S/C12H20BrN3O2S/c1-9-14-12(8-15(9)2)19(17,18)16(3)11-7-5-4-6-10(11)13/h8,10-11H,4-7H2,1-3H3. The van der Waals surface area contributed by atoms with Crippen LogP contribution in [0.25, 0.3) is 0 Å². The first kappa shape index (κ1) is 15.0. The van der Waals surface area contributed by atoms with Crippen LogP contribution in [0.15, 0.2) is 11.2 Å². The number of halogens is 1. The molecule has 2 unspecified atom stereocenters. The van der Waals surface area contributed by atoms with Crippen molar-refractivity contribution in [2.24, 2.45) is 7.05 Å². The molecule has 0 bridgehead atoms. The third kappa shape index (κ3) is 2.87. The zero-order valence-corrected chi connectivity index (χ0v) is 13.9. The molecule has 5 nitrogen and oxygen atoms in total. The minimum atomic E-state index is -3.50.